The van der Waals surface area contributed by atoms with Crippen LogP contribution >= 0.6 is 11.3 Å². The van der Waals surface area contributed by atoms with Crippen LogP contribution in [0.1, 0.15) is 6.42 Å². The van der Waals surface area contributed by atoms with Crippen LogP contribution in [0.2, 0.25) is 0 Å². The molecule has 0 fully saturated rings. The Kier molecular flexibility index (Phi) is 6.43. The van der Waals surface area contributed by atoms with Crippen LogP contribution in [-0.4, -0.2) is 53.0 Å². The fourth-order valence-electron chi connectivity index (χ4n) is 1.33. The van der Waals surface area contributed by atoms with Gasteiger partial charge in [-0.05, 0) is 38.5 Å². The first-order valence-corrected chi connectivity index (χ1v) is 8.23. The van der Waals surface area contributed by atoms with Crippen LogP contribution in [0.15, 0.2) is 21.7 Å². The third-order valence-corrected chi connectivity index (χ3v) is 5.09. The van der Waals surface area contributed by atoms with Crippen molar-refractivity contribution in [3.63, 3.8) is 0 Å². The number of thiophene rings is 1. The van der Waals surface area contributed by atoms with Crippen molar-refractivity contribution in [3.05, 3.63) is 17.5 Å². The van der Waals surface area contributed by atoms with E-state index in [-0.39, 0.29) is 16.7 Å². The molecule has 0 aromatic carbocycles. The summed E-state index contributed by atoms with van der Waals surface area (Å²) in [5.41, 5.74) is 0. The van der Waals surface area contributed by atoms with E-state index < -0.39 is 10.0 Å². The number of hydrogen-bond donors (Lipinski definition) is 2. The fourth-order valence-corrected chi connectivity index (χ4v) is 3.35. The number of rotatable bonds is 8. The molecule has 1 aromatic heterocycles. The van der Waals surface area contributed by atoms with E-state index in [9.17, 15) is 13.2 Å². The molecule has 0 spiro atoms. The number of nitrogens with zero attached hydrogens (tertiary/aromatic N) is 1. The molecular weight excluding hydrogens is 286 g/mol. The number of sulfonamides is 1. The minimum absolute atomic E-state index is 0.216. The van der Waals surface area contributed by atoms with Crippen molar-refractivity contribution in [1.82, 2.24) is 14.9 Å². The van der Waals surface area contributed by atoms with Crippen LogP contribution in [-0.2, 0) is 14.8 Å². The van der Waals surface area contributed by atoms with E-state index in [0.29, 0.717) is 6.54 Å². The molecule has 6 nitrogen and oxygen atoms in total. The molecule has 0 atom stereocenters. The molecule has 0 aliphatic heterocycles. The third kappa shape index (κ3) is 6.15. The van der Waals surface area contributed by atoms with Gasteiger partial charge in [-0.2, -0.15) is 0 Å². The van der Waals surface area contributed by atoms with E-state index in [2.05, 4.69) is 10.0 Å². The summed E-state index contributed by atoms with van der Waals surface area (Å²) >= 11 is 1.12. The van der Waals surface area contributed by atoms with Crippen LogP contribution in [0.25, 0.3) is 0 Å². The lowest BCUT2D eigenvalue weighted by Gasteiger charge is -2.10. The lowest BCUT2D eigenvalue weighted by molar-refractivity contribution is -0.119. The van der Waals surface area contributed by atoms with E-state index in [1.54, 1.807) is 11.4 Å². The zero-order valence-electron chi connectivity index (χ0n) is 11.0. The molecule has 0 saturated heterocycles. The normalized spacial score (nSPS) is 11.7. The maximum absolute atomic E-state index is 11.7. The van der Waals surface area contributed by atoms with Crippen LogP contribution < -0.4 is 10.0 Å². The number of amides is 1. The molecule has 0 aliphatic rings. The first-order valence-electron chi connectivity index (χ1n) is 5.86. The van der Waals surface area contributed by atoms with Gasteiger partial charge in [0.2, 0.25) is 5.91 Å². The number of carbonyl (C=O) groups is 1. The van der Waals surface area contributed by atoms with E-state index in [0.717, 1.165) is 24.3 Å². The van der Waals surface area contributed by atoms with Gasteiger partial charge in [-0.1, -0.05) is 6.07 Å². The van der Waals surface area contributed by atoms with Gasteiger partial charge < -0.3 is 10.2 Å². The highest BCUT2D eigenvalue weighted by Crippen LogP contribution is 2.14. The second kappa shape index (κ2) is 7.59. The Hall–Kier alpha value is -0.960. The average Bonchev–Trinajstić information content (AvgIpc) is 2.86. The number of hydrogen-bond acceptors (Lipinski definition) is 5. The van der Waals surface area contributed by atoms with Gasteiger partial charge >= 0.3 is 0 Å². The van der Waals surface area contributed by atoms with E-state index in [4.69, 9.17) is 0 Å². The SMILES string of the molecule is CN(C)CCCNC(=O)CNS(=O)(=O)c1cccs1. The summed E-state index contributed by atoms with van der Waals surface area (Å²) in [5, 5.41) is 4.34. The lowest BCUT2D eigenvalue weighted by atomic mass is 10.4. The predicted molar refractivity (Wildman–Crippen MR) is 75.7 cm³/mol. The van der Waals surface area contributed by atoms with Crippen LogP contribution in [0, 0.1) is 0 Å². The molecule has 0 radical (unpaired) electrons. The molecule has 1 heterocycles. The van der Waals surface area contributed by atoms with Crippen molar-refractivity contribution in [2.45, 2.75) is 10.6 Å². The topological polar surface area (TPSA) is 78.5 Å². The molecule has 1 rings (SSSR count). The lowest BCUT2D eigenvalue weighted by Crippen LogP contribution is -2.37. The van der Waals surface area contributed by atoms with Crippen LogP contribution in [0.5, 0.6) is 0 Å². The van der Waals surface area contributed by atoms with Crippen molar-refractivity contribution in [2.24, 2.45) is 0 Å². The van der Waals surface area contributed by atoms with E-state index in [1.807, 2.05) is 19.0 Å². The molecule has 1 amide bonds. The van der Waals surface area contributed by atoms with Gasteiger partial charge in [0.25, 0.3) is 10.0 Å². The molecule has 0 bridgehead atoms. The molecule has 1 aromatic rings. The van der Waals surface area contributed by atoms with Crippen molar-refractivity contribution in [3.8, 4) is 0 Å². The van der Waals surface area contributed by atoms with Gasteiger partial charge in [-0.3, -0.25) is 4.79 Å². The summed E-state index contributed by atoms with van der Waals surface area (Å²) in [6, 6.07) is 3.16. The Morgan fingerprint density at radius 2 is 2.16 bits per heavy atom. The molecule has 19 heavy (non-hydrogen) atoms. The van der Waals surface area contributed by atoms with Gasteiger partial charge in [0.05, 0.1) is 6.54 Å². The zero-order chi connectivity index (χ0) is 14.3. The average molecular weight is 305 g/mol. The second-order valence-electron chi connectivity index (χ2n) is 4.26. The number of carbonyl (C=O) groups excluding carboxylic acids is 1. The monoisotopic (exact) mass is 305 g/mol. The Balaban J connectivity index is 2.27. The smallest absolute Gasteiger partial charge is 0.250 e. The minimum atomic E-state index is -3.56. The largest absolute Gasteiger partial charge is 0.355 e. The Labute approximate surface area is 117 Å². The van der Waals surface area contributed by atoms with E-state index in [1.165, 1.54) is 6.07 Å². The van der Waals surface area contributed by atoms with Gasteiger partial charge in [-0.15, -0.1) is 11.3 Å². The second-order valence-corrected chi connectivity index (χ2v) is 7.20. The highest BCUT2D eigenvalue weighted by molar-refractivity contribution is 7.91. The molecule has 2 N–H and O–H groups in total. The predicted octanol–water partition coefficient (Wildman–Crippen LogP) is 0.0943. The molecular formula is C11H19N3O3S2. The van der Waals surface area contributed by atoms with Crippen molar-refractivity contribution >= 4 is 27.3 Å². The Morgan fingerprint density at radius 3 is 2.74 bits per heavy atom. The highest BCUT2D eigenvalue weighted by atomic mass is 32.2. The maximum atomic E-state index is 11.7. The van der Waals surface area contributed by atoms with Crippen LogP contribution in [0.4, 0.5) is 0 Å². The van der Waals surface area contributed by atoms with E-state index >= 15 is 0 Å². The first-order chi connectivity index (χ1) is 8.92. The molecule has 0 unspecified atom stereocenters. The summed E-state index contributed by atoms with van der Waals surface area (Å²) < 4.78 is 25.9. The van der Waals surface area contributed by atoms with Crippen molar-refractivity contribution in [2.75, 3.05) is 33.7 Å². The molecule has 108 valence electrons. The highest BCUT2D eigenvalue weighted by Gasteiger charge is 2.15. The van der Waals surface area contributed by atoms with Gasteiger partial charge in [0.15, 0.2) is 0 Å². The minimum Gasteiger partial charge on any atom is -0.355 e. The van der Waals surface area contributed by atoms with Gasteiger partial charge in [-0.25, -0.2) is 13.1 Å². The van der Waals surface area contributed by atoms with Crippen LogP contribution in [0.3, 0.4) is 0 Å². The summed E-state index contributed by atoms with van der Waals surface area (Å²) in [7, 11) is 0.354. The zero-order valence-corrected chi connectivity index (χ0v) is 12.7. The molecule has 8 heteroatoms. The summed E-state index contributed by atoms with van der Waals surface area (Å²) in [5.74, 6) is -0.320. The number of nitrogens with one attached hydrogen (secondary N) is 2. The van der Waals surface area contributed by atoms with Crippen molar-refractivity contribution in [1.29, 1.82) is 0 Å². The molecule has 0 saturated carbocycles. The Bertz CT molecular complexity index is 483. The maximum Gasteiger partial charge on any atom is 0.250 e. The Morgan fingerprint density at radius 1 is 1.42 bits per heavy atom. The summed E-state index contributed by atoms with van der Waals surface area (Å²) in [6.45, 7) is 1.18. The van der Waals surface area contributed by atoms with Gasteiger partial charge in [0, 0.05) is 6.54 Å². The van der Waals surface area contributed by atoms with Crippen molar-refractivity contribution < 1.29 is 13.2 Å². The first kappa shape index (κ1) is 16.1. The standard InChI is InChI=1S/C11H19N3O3S2/c1-14(2)7-4-6-12-10(15)9-13-19(16,17)11-5-3-8-18-11/h3,5,8,13H,4,6-7,9H2,1-2H3,(H,12,15). The third-order valence-electron chi connectivity index (χ3n) is 2.29. The quantitative estimate of drug-likeness (QED) is 0.668. The summed E-state index contributed by atoms with van der Waals surface area (Å²) in [6.07, 6.45) is 0.830. The fraction of sp³-hybridized carbons (Fsp3) is 0.545. The summed E-state index contributed by atoms with van der Waals surface area (Å²) in [4.78, 5) is 13.5. The van der Waals surface area contributed by atoms with Gasteiger partial charge in [0.1, 0.15) is 4.21 Å². The molecule has 0 aliphatic carbocycles.